The van der Waals surface area contributed by atoms with Gasteiger partial charge in [0.2, 0.25) is 0 Å². The number of carbonyl (C=O) groups excluding carboxylic acids is 1. The van der Waals surface area contributed by atoms with Gasteiger partial charge in [0.15, 0.2) is 0 Å². The van der Waals surface area contributed by atoms with E-state index in [4.69, 9.17) is 21.1 Å². The first-order chi connectivity index (χ1) is 12.3. The summed E-state index contributed by atoms with van der Waals surface area (Å²) in [4.78, 5) is 32.3. The van der Waals surface area contributed by atoms with Crippen LogP contribution >= 0.6 is 11.6 Å². The van der Waals surface area contributed by atoms with E-state index in [2.05, 4.69) is 0 Å². The Morgan fingerprint density at radius 2 is 1.62 bits per heavy atom. The lowest BCUT2D eigenvalue weighted by molar-refractivity contribution is -0.385. The van der Waals surface area contributed by atoms with Crippen molar-refractivity contribution in [1.29, 1.82) is 0 Å². The van der Waals surface area contributed by atoms with Crippen LogP contribution in [0.1, 0.15) is 18.4 Å². The second kappa shape index (κ2) is 8.26. The van der Waals surface area contributed by atoms with Crippen LogP contribution in [0, 0.1) is 20.2 Å². The number of nitrogens with zero attached hydrogens (tertiary/aromatic N) is 2. The number of nitro benzene ring substituents is 2. The van der Waals surface area contributed by atoms with Crippen LogP contribution in [-0.2, 0) is 0 Å². The molecule has 0 radical (unpaired) electrons. The maximum atomic E-state index is 11.9. The Hall–Kier alpha value is -3.20. The fourth-order valence-corrected chi connectivity index (χ4v) is 2.22. The number of carbonyl (C=O) groups is 1. The monoisotopic (exact) mass is 380 g/mol. The van der Waals surface area contributed by atoms with Gasteiger partial charge in [0.25, 0.3) is 11.4 Å². The highest BCUT2D eigenvalue weighted by Crippen LogP contribution is 2.31. The molecule has 0 heterocycles. The van der Waals surface area contributed by atoms with Gasteiger partial charge in [-0.05, 0) is 24.1 Å². The molecule has 0 aromatic heterocycles. The molecule has 0 fully saturated rings. The number of alkyl halides is 1. The zero-order valence-electron chi connectivity index (χ0n) is 13.5. The molecule has 1 atom stereocenters. The standard InChI is InChI=1S/C16H13ClN2O7/c1-10(9-17)14-8-12(19(23)24)4-7-15(14)26-16(20)25-13-5-2-11(3-6-13)18(21)22/h2-8,10H,9H2,1H3. The van der Waals surface area contributed by atoms with E-state index in [1.807, 2.05) is 0 Å². The Labute approximate surface area is 152 Å². The molecule has 9 nitrogen and oxygen atoms in total. The molecule has 0 amide bonds. The molecular formula is C16H13ClN2O7. The minimum atomic E-state index is -1.09. The van der Waals surface area contributed by atoms with Crippen molar-refractivity contribution in [1.82, 2.24) is 0 Å². The number of hydrogen-bond acceptors (Lipinski definition) is 7. The fourth-order valence-electron chi connectivity index (χ4n) is 2.05. The largest absolute Gasteiger partial charge is 0.519 e. The molecule has 0 saturated carbocycles. The highest BCUT2D eigenvalue weighted by atomic mass is 35.5. The normalized spacial score (nSPS) is 11.5. The van der Waals surface area contributed by atoms with Gasteiger partial charge in [-0.1, -0.05) is 6.92 Å². The van der Waals surface area contributed by atoms with E-state index >= 15 is 0 Å². The second-order valence-electron chi connectivity index (χ2n) is 5.24. The molecule has 136 valence electrons. The minimum Gasteiger partial charge on any atom is -0.395 e. The van der Waals surface area contributed by atoms with Crippen molar-refractivity contribution in [3.63, 3.8) is 0 Å². The number of benzene rings is 2. The van der Waals surface area contributed by atoms with E-state index in [-0.39, 0.29) is 34.7 Å². The molecule has 0 N–H and O–H groups in total. The van der Waals surface area contributed by atoms with E-state index in [9.17, 15) is 25.0 Å². The minimum absolute atomic E-state index is 0.0504. The lowest BCUT2D eigenvalue weighted by Gasteiger charge is -2.13. The predicted octanol–water partition coefficient (Wildman–Crippen LogP) is 4.42. The molecule has 2 aromatic rings. The molecule has 0 spiro atoms. The summed E-state index contributed by atoms with van der Waals surface area (Å²) in [6, 6.07) is 8.61. The van der Waals surface area contributed by atoms with Crippen LogP contribution in [0.5, 0.6) is 11.5 Å². The Bertz CT molecular complexity index is 839. The van der Waals surface area contributed by atoms with Crippen LogP contribution in [0.15, 0.2) is 42.5 Å². The molecule has 2 aromatic carbocycles. The summed E-state index contributed by atoms with van der Waals surface area (Å²) in [5.41, 5.74) is 0.0715. The first kappa shape index (κ1) is 19.1. The van der Waals surface area contributed by atoms with Crippen molar-refractivity contribution in [2.45, 2.75) is 12.8 Å². The van der Waals surface area contributed by atoms with E-state index in [1.165, 1.54) is 42.5 Å². The first-order valence-corrected chi connectivity index (χ1v) is 7.83. The van der Waals surface area contributed by atoms with Crippen LogP contribution < -0.4 is 9.47 Å². The van der Waals surface area contributed by atoms with Gasteiger partial charge in [0.05, 0.1) is 9.85 Å². The van der Waals surface area contributed by atoms with Gasteiger partial charge >= 0.3 is 6.16 Å². The summed E-state index contributed by atoms with van der Waals surface area (Å²) >= 11 is 5.80. The van der Waals surface area contributed by atoms with Crippen molar-refractivity contribution in [2.24, 2.45) is 0 Å². The van der Waals surface area contributed by atoms with Crippen molar-refractivity contribution in [3.05, 3.63) is 68.3 Å². The van der Waals surface area contributed by atoms with Crippen molar-refractivity contribution in [2.75, 3.05) is 5.88 Å². The first-order valence-electron chi connectivity index (χ1n) is 7.30. The van der Waals surface area contributed by atoms with Gasteiger partial charge in [-0.3, -0.25) is 20.2 Å². The summed E-state index contributed by atoms with van der Waals surface area (Å²) in [5, 5.41) is 21.5. The average molecular weight is 381 g/mol. The SMILES string of the molecule is CC(CCl)c1cc([N+](=O)[O-])ccc1OC(=O)Oc1ccc([N+](=O)[O-])cc1. The van der Waals surface area contributed by atoms with Crippen LogP contribution in [0.2, 0.25) is 0 Å². The molecule has 0 aliphatic carbocycles. The average Bonchev–Trinajstić information content (AvgIpc) is 2.61. The number of non-ortho nitro benzene ring substituents is 2. The zero-order valence-corrected chi connectivity index (χ0v) is 14.2. The molecule has 26 heavy (non-hydrogen) atoms. The van der Waals surface area contributed by atoms with E-state index in [0.717, 1.165) is 0 Å². The number of rotatable bonds is 6. The molecule has 1 unspecified atom stereocenters. The van der Waals surface area contributed by atoms with E-state index < -0.39 is 16.0 Å². The number of halogens is 1. The van der Waals surface area contributed by atoms with Crippen molar-refractivity contribution < 1.29 is 24.1 Å². The molecule has 10 heteroatoms. The van der Waals surface area contributed by atoms with E-state index in [0.29, 0.717) is 5.56 Å². The number of nitro groups is 2. The number of hydrogen-bond donors (Lipinski definition) is 0. The van der Waals surface area contributed by atoms with Crippen LogP contribution in [0.25, 0.3) is 0 Å². The molecule has 2 rings (SSSR count). The maximum Gasteiger partial charge on any atom is 0.519 e. The van der Waals surface area contributed by atoms with E-state index in [1.54, 1.807) is 6.92 Å². The highest BCUT2D eigenvalue weighted by Gasteiger charge is 2.19. The molecule has 0 aliphatic heterocycles. The van der Waals surface area contributed by atoms with Gasteiger partial charge in [0, 0.05) is 35.7 Å². The van der Waals surface area contributed by atoms with Crippen LogP contribution in [-0.4, -0.2) is 21.9 Å². The summed E-state index contributed by atoms with van der Waals surface area (Å²) in [6.07, 6.45) is -1.09. The smallest absolute Gasteiger partial charge is 0.395 e. The lowest BCUT2D eigenvalue weighted by Crippen LogP contribution is -2.15. The summed E-state index contributed by atoms with van der Waals surface area (Å²) < 4.78 is 10.1. The Morgan fingerprint density at radius 1 is 1.04 bits per heavy atom. The molecule has 0 aliphatic rings. The quantitative estimate of drug-likeness (QED) is 0.239. The zero-order chi connectivity index (χ0) is 19.3. The Kier molecular flexibility index (Phi) is 6.07. The van der Waals surface area contributed by atoms with Crippen molar-refractivity contribution in [3.8, 4) is 11.5 Å². The third kappa shape index (κ3) is 4.67. The van der Waals surface area contributed by atoms with Gasteiger partial charge < -0.3 is 9.47 Å². The van der Waals surface area contributed by atoms with Crippen LogP contribution in [0.3, 0.4) is 0 Å². The maximum absolute atomic E-state index is 11.9. The molecular weight excluding hydrogens is 368 g/mol. The Balaban J connectivity index is 2.17. The Morgan fingerprint density at radius 3 is 2.15 bits per heavy atom. The second-order valence-corrected chi connectivity index (χ2v) is 5.55. The van der Waals surface area contributed by atoms with Gasteiger partial charge in [0.1, 0.15) is 11.5 Å². The highest BCUT2D eigenvalue weighted by molar-refractivity contribution is 6.18. The summed E-state index contributed by atoms with van der Waals surface area (Å²) in [5.74, 6) is -0.0153. The number of ether oxygens (including phenoxy) is 2. The third-order valence-electron chi connectivity index (χ3n) is 3.41. The van der Waals surface area contributed by atoms with Gasteiger partial charge in [-0.25, -0.2) is 4.79 Å². The fraction of sp³-hybridized carbons (Fsp3) is 0.188. The summed E-state index contributed by atoms with van der Waals surface area (Å²) in [7, 11) is 0. The van der Waals surface area contributed by atoms with Crippen LogP contribution in [0.4, 0.5) is 16.2 Å². The van der Waals surface area contributed by atoms with Crippen molar-refractivity contribution >= 4 is 29.1 Å². The third-order valence-corrected chi connectivity index (χ3v) is 3.87. The summed E-state index contributed by atoms with van der Waals surface area (Å²) in [6.45, 7) is 1.72. The molecule has 0 saturated heterocycles. The molecule has 0 bridgehead atoms. The predicted molar refractivity (Wildman–Crippen MR) is 92.0 cm³/mol. The lowest BCUT2D eigenvalue weighted by atomic mass is 10.0. The van der Waals surface area contributed by atoms with Gasteiger partial charge in [-0.15, -0.1) is 11.6 Å². The van der Waals surface area contributed by atoms with Gasteiger partial charge in [-0.2, -0.15) is 0 Å². The topological polar surface area (TPSA) is 122 Å².